The van der Waals surface area contributed by atoms with Crippen LogP contribution in [0.4, 0.5) is 0 Å². The molecular weight excluding hydrogens is 194 g/mol. The molecule has 1 fully saturated rings. The Morgan fingerprint density at radius 1 is 1.57 bits per heavy atom. The topological polar surface area (TPSA) is 43.3 Å². The van der Waals surface area contributed by atoms with Crippen LogP contribution in [0.3, 0.4) is 0 Å². The average molecular weight is 207 g/mol. The molecule has 2 aromatic rings. The zero-order valence-electron chi connectivity index (χ0n) is 7.94. The van der Waals surface area contributed by atoms with Gasteiger partial charge in [0, 0.05) is 17.1 Å². The number of imidazole rings is 1. The van der Waals surface area contributed by atoms with Crippen molar-refractivity contribution < 1.29 is 0 Å². The molecule has 2 heterocycles. The lowest BCUT2D eigenvalue weighted by Crippen LogP contribution is -2.22. The van der Waals surface area contributed by atoms with Crippen LogP contribution in [-0.2, 0) is 6.42 Å². The Morgan fingerprint density at radius 2 is 2.43 bits per heavy atom. The number of rotatable bonds is 3. The first-order chi connectivity index (χ1) is 6.77. The minimum absolute atomic E-state index is 0.146. The quantitative estimate of drug-likeness (QED) is 0.834. The van der Waals surface area contributed by atoms with Crippen LogP contribution in [0.25, 0.3) is 4.83 Å². The summed E-state index contributed by atoms with van der Waals surface area (Å²) in [5.41, 5.74) is 7.40. The standard InChI is InChI=1S/C10H13N3S/c11-10(3-4-10)2-1-8-9-13(7-12-8)5-6-14-9/h5-7H,1-4,11H2. The molecule has 1 aliphatic carbocycles. The molecule has 0 atom stereocenters. The predicted octanol–water partition coefficient (Wildman–Crippen LogP) is 1.82. The number of fused-ring (bicyclic) bond motifs is 1. The van der Waals surface area contributed by atoms with Gasteiger partial charge in [-0.15, -0.1) is 11.3 Å². The average Bonchev–Trinajstić information content (AvgIpc) is 2.65. The summed E-state index contributed by atoms with van der Waals surface area (Å²) in [7, 11) is 0. The van der Waals surface area contributed by atoms with E-state index in [1.165, 1.54) is 23.4 Å². The number of hydrogen-bond donors (Lipinski definition) is 1. The molecule has 1 saturated carbocycles. The summed E-state index contributed by atoms with van der Waals surface area (Å²) in [6.07, 6.45) is 8.41. The molecule has 4 heteroatoms. The third-order valence-electron chi connectivity index (χ3n) is 2.97. The zero-order chi connectivity index (χ0) is 9.60. The maximum atomic E-state index is 6.05. The number of aryl methyl sites for hydroxylation is 1. The smallest absolute Gasteiger partial charge is 0.122 e. The highest BCUT2D eigenvalue weighted by molar-refractivity contribution is 7.15. The van der Waals surface area contributed by atoms with Gasteiger partial charge in [0.15, 0.2) is 0 Å². The molecule has 3 nitrogen and oxygen atoms in total. The van der Waals surface area contributed by atoms with E-state index >= 15 is 0 Å². The molecule has 14 heavy (non-hydrogen) atoms. The summed E-state index contributed by atoms with van der Waals surface area (Å²) >= 11 is 1.75. The Kier molecular flexibility index (Phi) is 1.69. The van der Waals surface area contributed by atoms with Crippen molar-refractivity contribution in [3.05, 3.63) is 23.6 Å². The summed E-state index contributed by atoms with van der Waals surface area (Å²) in [4.78, 5) is 5.68. The number of hydrogen-bond acceptors (Lipinski definition) is 3. The van der Waals surface area contributed by atoms with Crippen molar-refractivity contribution in [2.24, 2.45) is 5.73 Å². The second-order valence-corrected chi connectivity index (χ2v) is 5.06. The van der Waals surface area contributed by atoms with Crippen LogP contribution in [0.1, 0.15) is 25.0 Å². The van der Waals surface area contributed by atoms with Gasteiger partial charge in [-0.2, -0.15) is 0 Å². The molecule has 0 saturated heterocycles. The second kappa shape index (κ2) is 2.81. The Bertz CT molecular complexity index is 453. The summed E-state index contributed by atoms with van der Waals surface area (Å²) in [5.74, 6) is 0. The van der Waals surface area contributed by atoms with Gasteiger partial charge in [-0.25, -0.2) is 4.98 Å². The van der Waals surface area contributed by atoms with Crippen molar-refractivity contribution in [3.63, 3.8) is 0 Å². The maximum absolute atomic E-state index is 6.05. The molecule has 2 aromatic heterocycles. The van der Waals surface area contributed by atoms with E-state index in [1.807, 2.05) is 12.5 Å². The van der Waals surface area contributed by atoms with E-state index in [9.17, 15) is 0 Å². The second-order valence-electron chi connectivity index (χ2n) is 4.17. The highest BCUT2D eigenvalue weighted by atomic mass is 32.1. The summed E-state index contributed by atoms with van der Waals surface area (Å²) in [6, 6.07) is 0. The first-order valence-corrected chi connectivity index (χ1v) is 5.83. The molecule has 0 radical (unpaired) electrons. The Hall–Kier alpha value is -0.870. The summed E-state index contributed by atoms with van der Waals surface area (Å²) < 4.78 is 2.08. The van der Waals surface area contributed by atoms with Gasteiger partial charge in [0.1, 0.15) is 11.2 Å². The molecule has 2 N–H and O–H groups in total. The largest absolute Gasteiger partial charge is 0.325 e. The summed E-state index contributed by atoms with van der Waals surface area (Å²) in [5, 5.41) is 2.09. The first kappa shape index (κ1) is 8.44. The molecule has 0 bridgehead atoms. The van der Waals surface area contributed by atoms with Gasteiger partial charge >= 0.3 is 0 Å². The van der Waals surface area contributed by atoms with Crippen LogP contribution in [0.15, 0.2) is 17.9 Å². The van der Waals surface area contributed by atoms with Crippen molar-refractivity contribution in [1.29, 1.82) is 0 Å². The van der Waals surface area contributed by atoms with E-state index in [2.05, 4.69) is 14.8 Å². The molecule has 0 aliphatic heterocycles. The van der Waals surface area contributed by atoms with Gasteiger partial charge < -0.3 is 5.73 Å². The lowest BCUT2D eigenvalue weighted by atomic mass is 10.1. The van der Waals surface area contributed by atoms with Crippen LogP contribution in [-0.4, -0.2) is 14.9 Å². The lowest BCUT2D eigenvalue weighted by molar-refractivity contribution is 0.606. The zero-order valence-corrected chi connectivity index (χ0v) is 8.76. The van der Waals surface area contributed by atoms with Crippen LogP contribution in [0.5, 0.6) is 0 Å². The van der Waals surface area contributed by atoms with Gasteiger partial charge in [-0.1, -0.05) is 0 Å². The first-order valence-electron chi connectivity index (χ1n) is 4.95. The van der Waals surface area contributed by atoms with E-state index in [0.29, 0.717) is 0 Å². The van der Waals surface area contributed by atoms with E-state index < -0.39 is 0 Å². The number of thiazole rings is 1. The number of nitrogens with two attached hydrogens (primary N) is 1. The molecule has 1 aliphatic rings. The van der Waals surface area contributed by atoms with Crippen LogP contribution in [0.2, 0.25) is 0 Å². The number of nitrogens with zero attached hydrogens (tertiary/aromatic N) is 2. The minimum Gasteiger partial charge on any atom is -0.325 e. The van der Waals surface area contributed by atoms with Crippen molar-refractivity contribution in [2.75, 3.05) is 0 Å². The van der Waals surface area contributed by atoms with Gasteiger partial charge in [0.05, 0.1) is 5.69 Å². The van der Waals surface area contributed by atoms with Gasteiger partial charge in [0.25, 0.3) is 0 Å². The van der Waals surface area contributed by atoms with Gasteiger partial charge in [-0.3, -0.25) is 4.40 Å². The molecular formula is C10H13N3S. The van der Waals surface area contributed by atoms with E-state index in [-0.39, 0.29) is 5.54 Å². The van der Waals surface area contributed by atoms with Crippen LogP contribution >= 0.6 is 11.3 Å². The molecule has 3 rings (SSSR count). The van der Waals surface area contributed by atoms with E-state index in [0.717, 1.165) is 12.8 Å². The van der Waals surface area contributed by atoms with Crippen LogP contribution in [0, 0.1) is 0 Å². The van der Waals surface area contributed by atoms with Gasteiger partial charge in [-0.05, 0) is 25.7 Å². The Morgan fingerprint density at radius 3 is 3.21 bits per heavy atom. The van der Waals surface area contributed by atoms with Crippen LogP contribution < -0.4 is 5.73 Å². The predicted molar refractivity (Wildman–Crippen MR) is 57.5 cm³/mol. The van der Waals surface area contributed by atoms with Crippen molar-refractivity contribution in [1.82, 2.24) is 9.38 Å². The van der Waals surface area contributed by atoms with Crippen molar-refractivity contribution in [3.8, 4) is 0 Å². The molecule has 0 unspecified atom stereocenters. The SMILES string of the molecule is NC1(CCc2ncn3ccsc23)CC1. The fourth-order valence-corrected chi connectivity index (χ4v) is 2.57. The normalized spacial score (nSPS) is 18.9. The fraction of sp³-hybridized carbons (Fsp3) is 0.500. The van der Waals surface area contributed by atoms with E-state index in [1.54, 1.807) is 11.3 Å². The Labute approximate surface area is 86.6 Å². The fourth-order valence-electron chi connectivity index (χ4n) is 1.73. The number of aromatic nitrogens is 2. The third-order valence-corrected chi connectivity index (χ3v) is 3.90. The minimum atomic E-state index is 0.146. The molecule has 74 valence electrons. The highest BCUT2D eigenvalue weighted by Crippen LogP contribution is 2.36. The van der Waals surface area contributed by atoms with E-state index in [4.69, 9.17) is 5.73 Å². The maximum Gasteiger partial charge on any atom is 0.122 e. The third kappa shape index (κ3) is 1.35. The lowest BCUT2D eigenvalue weighted by Gasteiger charge is -2.05. The molecule has 0 amide bonds. The molecule has 0 spiro atoms. The van der Waals surface area contributed by atoms with Crippen molar-refractivity contribution >= 4 is 16.2 Å². The monoisotopic (exact) mass is 207 g/mol. The summed E-state index contributed by atoms with van der Waals surface area (Å²) in [6.45, 7) is 0. The van der Waals surface area contributed by atoms with Gasteiger partial charge in [0.2, 0.25) is 0 Å². The highest BCUT2D eigenvalue weighted by Gasteiger charge is 2.37. The van der Waals surface area contributed by atoms with Crippen molar-refractivity contribution in [2.45, 2.75) is 31.2 Å². The molecule has 0 aromatic carbocycles. The Balaban J connectivity index is 1.81.